The standard InChI is InChI=1S/C9H7ClO/c1-2-8-7(6-11)4-3-5-9(8)10/h1,3-5,11H,6H2. The van der Waals surface area contributed by atoms with Crippen molar-refractivity contribution in [2.24, 2.45) is 0 Å². The average Bonchev–Trinajstić information content (AvgIpc) is 2.04. The molecule has 0 spiro atoms. The van der Waals surface area contributed by atoms with Gasteiger partial charge in [-0.05, 0) is 11.6 Å². The first-order chi connectivity index (χ1) is 5.29. The second-order valence-electron chi connectivity index (χ2n) is 2.08. The van der Waals surface area contributed by atoms with Crippen molar-refractivity contribution in [3.63, 3.8) is 0 Å². The molecule has 0 aliphatic carbocycles. The van der Waals surface area contributed by atoms with Gasteiger partial charge in [-0.25, -0.2) is 0 Å². The Labute approximate surface area is 70.6 Å². The summed E-state index contributed by atoms with van der Waals surface area (Å²) in [7, 11) is 0. The summed E-state index contributed by atoms with van der Waals surface area (Å²) in [6.07, 6.45) is 5.18. The number of rotatable bonds is 1. The monoisotopic (exact) mass is 166 g/mol. The number of benzene rings is 1. The highest BCUT2D eigenvalue weighted by molar-refractivity contribution is 6.31. The highest BCUT2D eigenvalue weighted by atomic mass is 35.5. The molecule has 56 valence electrons. The van der Waals surface area contributed by atoms with Crippen LogP contribution in [0.3, 0.4) is 0 Å². The van der Waals surface area contributed by atoms with E-state index in [4.69, 9.17) is 23.1 Å². The van der Waals surface area contributed by atoms with Crippen molar-refractivity contribution in [2.45, 2.75) is 6.61 Å². The van der Waals surface area contributed by atoms with Crippen LogP contribution in [0, 0.1) is 12.3 Å². The summed E-state index contributed by atoms with van der Waals surface area (Å²) in [4.78, 5) is 0. The van der Waals surface area contributed by atoms with Crippen LogP contribution in [0.4, 0.5) is 0 Å². The van der Waals surface area contributed by atoms with E-state index in [1.807, 2.05) is 0 Å². The van der Waals surface area contributed by atoms with Crippen molar-refractivity contribution in [3.8, 4) is 12.3 Å². The first-order valence-electron chi connectivity index (χ1n) is 3.14. The fourth-order valence-electron chi connectivity index (χ4n) is 0.862. The van der Waals surface area contributed by atoms with Crippen LogP contribution < -0.4 is 0 Å². The first kappa shape index (κ1) is 8.13. The Balaban J connectivity index is 3.27. The molecule has 2 heteroatoms. The topological polar surface area (TPSA) is 20.2 Å². The second-order valence-corrected chi connectivity index (χ2v) is 2.48. The van der Waals surface area contributed by atoms with E-state index in [9.17, 15) is 0 Å². The van der Waals surface area contributed by atoms with Crippen LogP contribution in [0.15, 0.2) is 18.2 Å². The van der Waals surface area contributed by atoms with Gasteiger partial charge >= 0.3 is 0 Å². The minimum atomic E-state index is -0.0694. The van der Waals surface area contributed by atoms with Gasteiger partial charge in [0, 0.05) is 5.56 Å². The van der Waals surface area contributed by atoms with Gasteiger partial charge in [-0.15, -0.1) is 6.42 Å². The van der Waals surface area contributed by atoms with Crippen LogP contribution in [-0.2, 0) is 6.61 Å². The molecule has 0 fully saturated rings. The van der Waals surface area contributed by atoms with E-state index in [1.165, 1.54) is 0 Å². The molecule has 1 N–H and O–H groups in total. The fraction of sp³-hybridized carbons (Fsp3) is 0.111. The smallest absolute Gasteiger partial charge is 0.0694 e. The number of aliphatic hydroxyl groups excluding tert-OH is 1. The maximum absolute atomic E-state index is 8.82. The molecule has 0 unspecified atom stereocenters. The Morgan fingerprint density at radius 1 is 1.55 bits per heavy atom. The predicted molar refractivity (Wildman–Crippen MR) is 45.3 cm³/mol. The molecule has 0 aliphatic heterocycles. The largest absolute Gasteiger partial charge is 0.392 e. The number of aliphatic hydroxyl groups is 1. The van der Waals surface area contributed by atoms with Gasteiger partial charge in [0.15, 0.2) is 0 Å². The lowest BCUT2D eigenvalue weighted by Gasteiger charge is -2.01. The normalized spacial score (nSPS) is 9.18. The summed E-state index contributed by atoms with van der Waals surface area (Å²) in [6, 6.07) is 5.21. The lowest BCUT2D eigenvalue weighted by atomic mass is 10.1. The molecule has 0 bridgehead atoms. The molecule has 0 atom stereocenters. The molecule has 0 saturated carbocycles. The molecule has 0 saturated heterocycles. The molecular weight excluding hydrogens is 160 g/mol. The highest BCUT2D eigenvalue weighted by Crippen LogP contribution is 2.18. The molecule has 0 aliphatic rings. The van der Waals surface area contributed by atoms with Gasteiger partial charge in [-0.2, -0.15) is 0 Å². The Hall–Kier alpha value is -0.970. The third kappa shape index (κ3) is 1.54. The third-order valence-corrected chi connectivity index (χ3v) is 1.73. The molecule has 0 heterocycles. The van der Waals surface area contributed by atoms with E-state index in [-0.39, 0.29) is 6.61 Å². The van der Waals surface area contributed by atoms with Gasteiger partial charge in [-0.3, -0.25) is 0 Å². The fourth-order valence-corrected chi connectivity index (χ4v) is 1.11. The van der Waals surface area contributed by atoms with Gasteiger partial charge in [0.05, 0.1) is 11.6 Å². The summed E-state index contributed by atoms with van der Waals surface area (Å²) >= 11 is 5.75. The maximum atomic E-state index is 8.82. The van der Waals surface area contributed by atoms with Gasteiger partial charge in [0.2, 0.25) is 0 Å². The zero-order chi connectivity index (χ0) is 8.27. The number of hydrogen-bond acceptors (Lipinski definition) is 1. The summed E-state index contributed by atoms with van der Waals surface area (Å²) < 4.78 is 0. The second kappa shape index (κ2) is 3.43. The van der Waals surface area contributed by atoms with Crippen LogP contribution in [-0.4, -0.2) is 5.11 Å². The summed E-state index contributed by atoms with van der Waals surface area (Å²) in [5.74, 6) is 2.42. The van der Waals surface area contributed by atoms with Crippen LogP contribution in [0.1, 0.15) is 11.1 Å². The van der Waals surface area contributed by atoms with Gasteiger partial charge in [0.1, 0.15) is 0 Å². The molecule has 0 amide bonds. The number of hydrogen-bond donors (Lipinski definition) is 1. The van der Waals surface area contributed by atoms with E-state index in [0.717, 1.165) is 0 Å². The van der Waals surface area contributed by atoms with E-state index < -0.39 is 0 Å². The van der Waals surface area contributed by atoms with Gasteiger partial charge in [0.25, 0.3) is 0 Å². The molecule has 1 nitrogen and oxygen atoms in total. The molecular formula is C9H7ClO. The Morgan fingerprint density at radius 2 is 2.27 bits per heavy atom. The van der Waals surface area contributed by atoms with Gasteiger partial charge < -0.3 is 5.11 Å². The molecule has 11 heavy (non-hydrogen) atoms. The Morgan fingerprint density at radius 3 is 2.73 bits per heavy atom. The molecule has 0 radical (unpaired) electrons. The SMILES string of the molecule is C#Cc1c(Cl)cccc1CO. The zero-order valence-electron chi connectivity index (χ0n) is 5.84. The van der Waals surface area contributed by atoms with Gasteiger partial charge in [-0.1, -0.05) is 29.7 Å². The Kier molecular flexibility index (Phi) is 2.53. The number of halogens is 1. The third-order valence-electron chi connectivity index (χ3n) is 1.41. The highest BCUT2D eigenvalue weighted by Gasteiger charge is 2.01. The van der Waals surface area contributed by atoms with Crippen LogP contribution in [0.5, 0.6) is 0 Å². The summed E-state index contributed by atoms with van der Waals surface area (Å²) in [6.45, 7) is -0.0694. The van der Waals surface area contributed by atoms with Crippen LogP contribution in [0.25, 0.3) is 0 Å². The maximum Gasteiger partial charge on any atom is 0.0694 e. The summed E-state index contributed by atoms with van der Waals surface area (Å²) in [5, 5.41) is 9.33. The van der Waals surface area contributed by atoms with E-state index in [0.29, 0.717) is 16.1 Å². The van der Waals surface area contributed by atoms with E-state index in [1.54, 1.807) is 18.2 Å². The molecule has 0 aromatic heterocycles. The van der Waals surface area contributed by atoms with Crippen LogP contribution in [0.2, 0.25) is 5.02 Å². The Bertz CT molecular complexity index is 299. The molecule has 1 aromatic rings. The van der Waals surface area contributed by atoms with Crippen molar-refractivity contribution in [3.05, 3.63) is 34.3 Å². The van der Waals surface area contributed by atoms with Crippen molar-refractivity contribution in [1.82, 2.24) is 0 Å². The van der Waals surface area contributed by atoms with E-state index >= 15 is 0 Å². The zero-order valence-corrected chi connectivity index (χ0v) is 6.60. The van der Waals surface area contributed by atoms with Crippen molar-refractivity contribution in [1.29, 1.82) is 0 Å². The van der Waals surface area contributed by atoms with Crippen molar-refractivity contribution >= 4 is 11.6 Å². The molecule has 1 rings (SSSR count). The molecule has 1 aromatic carbocycles. The first-order valence-corrected chi connectivity index (χ1v) is 3.52. The quantitative estimate of drug-likeness (QED) is 0.631. The van der Waals surface area contributed by atoms with Crippen molar-refractivity contribution in [2.75, 3.05) is 0 Å². The predicted octanol–water partition coefficient (Wildman–Crippen LogP) is 1.81. The van der Waals surface area contributed by atoms with Crippen LogP contribution >= 0.6 is 11.6 Å². The summed E-state index contributed by atoms with van der Waals surface area (Å²) in [5.41, 5.74) is 1.27. The van der Waals surface area contributed by atoms with Crippen molar-refractivity contribution < 1.29 is 5.11 Å². The minimum Gasteiger partial charge on any atom is -0.392 e. The number of terminal acetylenes is 1. The van der Waals surface area contributed by atoms with E-state index in [2.05, 4.69) is 5.92 Å². The lowest BCUT2D eigenvalue weighted by Crippen LogP contribution is -1.89. The average molecular weight is 167 g/mol. The minimum absolute atomic E-state index is 0.0694. The lowest BCUT2D eigenvalue weighted by molar-refractivity contribution is 0.281.